The molecule has 1 heterocycles. The van der Waals surface area contributed by atoms with Crippen LogP contribution in [0.15, 0.2) is 48.5 Å². The van der Waals surface area contributed by atoms with E-state index in [-0.39, 0.29) is 17.4 Å². The Labute approximate surface area is 167 Å². The Hall–Kier alpha value is -2.49. The monoisotopic (exact) mass is 379 g/mol. The van der Waals surface area contributed by atoms with Crippen LogP contribution in [0.1, 0.15) is 62.6 Å². The zero-order valence-electron chi connectivity index (χ0n) is 17.0. The first-order valence-electron chi connectivity index (χ1n) is 10.2. The van der Waals surface area contributed by atoms with E-state index in [0.717, 1.165) is 12.2 Å². The third kappa shape index (κ3) is 3.87. The predicted octanol–water partition coefficient (Wildman–Crippen LogP) is 5.16. The molecule has 0 aromatic heterocycles. The smallest absolute Gasteiger partial charge is 0.407 e. The fourth-order valence-corrected chi connectivity index (χ4v) is 4.12. The highest BCUT2D eigenvalue weighted by molar-refractivity contribution is 5.67. The molecule has 4 heteroatoms. The maximum atomic E-state index is 12.0. The minimum Gasteiger partial charge on any atom is -0.493 e. The molecule has 0 unspecified atom stereocenters. The lowest BCUT2D eigenvalue weighted by atomic mass is 9.85. The first kappa shape index (κ1) is 18.9. The lowest BCUT2D eigenvalue weighted by Crippen LogP contribution is -2.35. The molecule has 1 N–H and O–H groups in total. The van der Waals surface area contributed by atoms with E-state index in [9.17, 15) is 4.79 Å². The number of carbonyl (C=O) groups is 1. The van der Waals surface area contributed by atoms with Crippen LogP contribution in [0.5, 0.6) is 5.75 Å². The molecule has 2 aromatic carbocycles. The van der Waals surface area contributed by atoms with Crippen molar-refractivity contribution in [2.45, 2.75) is 57.0 Å². The highest BCUT2D eigenvalue weighted by Crippen LogP contribution is 2.54. The summed E-state index contributed by atoms with van der Waals surface area (Å²) < 4.78 is 11.4. The van der Waals surface area contributed by atoms with Crippen molar-refractivity contribution in [3.63, 3.8) is 0 Å². The highest BCUT2D eigenvalue weighted by Gasteiger charge is 2.46. The van der Waals surface area contributed by atoms with E-state index in [1.54, 1.807) is 0 Å². The topological polar surface area (TPSA) is 47.6 Å². The summed E-state index contributed by atoms with van der Waals surface area (Å²) in [5.41, 5.74) is 3.55. The second-order valence-corrected chi connectivity index (χ2v) is 8.92. The normalized spacial score (nSPS) is 19.9. The average molecular weight is 380 g/mol. The largest absolute Gasteiger partial charge is 0.493 e. The van der Waals surface area contributed by atoms with Gasteiger partial charge in [0.25, 0.3) is 0 Å². The molecule has 1 atom stereocenters. The van der Waals surface area contributed by atoms with Crippen molar-refractivity contribution in [1.29, 1.82) is 0 Å². The molecule has 0 spiro atoms. The van der Waals surface area contributed by atoms with Gasteiger partial charge in [0.1, 0.15) is 11.4 Å². The molecule has 0 saturated heterocycles. The maximum absolute atomic E-state index is 12.0. The molecule has 1 amide bonds. The number of fused-ring (bicyclic) bond motifs is 1. The van der Waals surface area contributed by atoms with Crippen molar-refractivity contribution in [1.82, 2.24) is 5.32 Å². The molecule has 2 aromatic rings. The Morgan fingerprint density at radius 2 is 1.89 bits per heavy atom. The van der Waals surface area contributed by atoms with E-state index in [1.807, 2.05) is 20.8 Å². The SMILES string of the molecule is CC(C)(C)OC(=O)NC[C@@H]1CCOc2cc(C3(c4ccccc4)CC3)ccc21. The molecule has 1 aliphatic heterocycles. The molecule has 0 radical (unpaired) electrons. The summed E-state index contributed by atoms with van der Waals surface area (Å²) in [7, 11) is 0. The van der Waals surface area contributed by atoms with Gasteiger partial charge in [0.05, 0.1) is 6.61 Å². The van der Waals surface area contributed by atoms with Crippen LogP contribution < -0.4 is 10.1 Å². The summed E-state index contributed by atoms with van der Waals surface area (Å²) in [5, 5.41) is 2.92. The zero-order chi connectivity index (χ0) is 19.8. The zero-order valence-corrected chi connectivity index (χ0v) is 17.0. The van der Waals surface area contributed by atoms with Crippen molar-refractivity contribution in [2.24, 2.45) is 0 Å². The number of ether oxygens (including phenoxy) is 2. The number of benzene rings is 2. The standard InChI is InChI=1S/C24H29NO3/c1-23(2,3)28-22(26)25-16-17-11-14-27-21-15-19(9-10-20(17)21)24(12-13-24)18-7-5-4-6-8-18/h4-10,15,17H,11-14,16H2,1-3H3,(H,25,26)/t17-/m0/s1. The second-order valence-electron chi connectivity index (χ2n) is 8.92. The number of carbonyl (C=O) groups excluding carboxylic acids is 1. The lowest BCUT2D eigenvalue weighted by Gasteiger charge is -2.28. The van der Waals surface area contributed by atoms with Crippen molar-refractivity contribution in [3.05, 3.63) is 65.2 Å². The van der Waals surface area contributed by atoms with E-state index >= 15 is 0 Å². The van der Waals surface area contributed by atoms with Gasteiger partial charge in [-0.25, -0.2) is 4.79 Å². The Kier molecular flexibility index (Phi) is 4.82. The number of rotatable bonds is 4. The van der Waals surface area contributed by atoms with Gasteiger partial charge in [-0.15, -0.1) is 0 Å². The van der Waals surface area contributed by atoms with Gasteiger partial charge in [0, 0.05) is 17.9 Å². The van der Waals surface area contributed by atoms with E-state index in [4.69, 9.17) is 9.47 Å². The maximum Gasteiger partial charge on any atom is 0.407 e. The van der Waals surface area contributed by atoms with Crippen LogP contribution in [0.4, 0.5) is 4.79 Å². The van der Waals surface area contributed by atoms with Gasteiger partial charge in [-0.2, -0.15) is 0 Å². The van der Waals surface area contributed by atoms with Gasteiger partial charge in [0.15, 0.2) is 0 Å². The summed E-state index contributed by atoms with van der Waals surface area (Å²) in [6.07, 6.45) is 2.89. The summed E-state index contributed by atoms with van der Waals surface area (Å²) in [5.74, 6) is 1.21. The van der Waals surface area contributed by atoms with Crippen molar-refractivity contribution in [2.75, 3.05) is 13.2 Å². The minimum absolute atomic E-state index is 0.140. The number of alkyl carbamates (subject to hydrolysis) is 1. The number of nitrogens with one attached hydrogen (secondary N) is 1. The molecule has 0 bridgehead atoms. The third-order valence-corrected chi connectivity index (χ3v) is 5.70. The average Bonchev–Trinajstić information content (AvgIpc) is 3.47. The molecule has 4 rings (SSSR count). The molecule has 2 aliphatic rings. The summed E-state index contributed by atoms with van der Waals surface area (Å²) in [6, 6.07) is 17.4. The van der Waals surface area contributed by atoms with Gasteiger partial charge in [-0.3, -0.25) is 0 Å². The third-order valence-electron chi connectivity index (χ3n) is 5.70. The van der Waals surface area contributed by atoms with E-state index in [1.165, 1.54) is 29.5 Å². The molecule has 1 aliphatic carbocycles. The van der Waals surface area contributed by atoms with Crippen LogP contribution in [0.3, 0.4) is 0 Å². The predicted molar refractivity (Wildman–Crippen MR) is 110 cm³/mol. The van der Waals surface area contributed by atoms with Crippen LogP contribution >= 0.6 is 0 Å². The first-order valence-corrected chi connectivity index (χ1v) is 10.2. The fourth-order valence-electron chi connectivity index (χ4n) is 4.12. The van der Waals surface area contributed by atoms with Crippen LogP contribution in [0, 0.1) is 0 Å². The van der Waals surface area contributed by atoms with Crippen molar-refractivity contribution < 1.29 is 14.3 Å². The number of hydrogen-bond acceptors (Lipinski definition) is 3. The minimum atomic E-state index is -0.484. The molecule has 1 fully saturated rings. The van der Waals surface area contributed by atoms with Crippen LogP contribution in [0.2, 0.25) is 0 Å². The molecular weight excluding hydrogens is 350 g/mol. The summed E-state index contributed by atoms with van der Waals surface area (Å²) in [4.78, 5) is 12.0. The van der Waals surface area contributed by atoms with E-state index in [2.05, 4.69) is 53.8 Å². The van der Waals surface area contributed by atoms with Gasteiger partial charge < -0.3 is 14.8 Å². The van der Waals surface area contributed by atoms with E-state index in [0.29, 0.717) is 13.2 Å². The van der Waals surface area contributed by atoms with E-state index < -0.39 is 5.60 Å². The van der Waals surface area contributed by atoms with Crippen LogP contribution in [0.25, 0.3) is 0 Å². The van der Waals surface area contributed by atoms with Crippen LogP contribution in [-0.2, 0) is 10.2 Å². The van der Waals surface area contributed by atoms with Crippen LogP contribution in [-0.4, -0.2) is 24.8 Å². The first-order chi connectivity index (χ1) is 13.4. The summed E-state index contributed by atoms with van der Waals surface area (Å²) in [6.45, 7) is 6.86. The molecule has 1 saturated carbocycles. The molecular formula is C24H29NO3. The number of hydrogen-bond donors (Lipinski definition) is 1. The second kappa shape index (κ2) is 7.16. The van der Waals surface area contributed by atoms with Crippen molar-refractivity contribution in [3.8, 4) is 5.75 Å². The van der Waals surface area contributed by atoms with Gasteiger partial charge in [-0.1, -0.05) is 42.5 Å². The van der Waals surface area contributed by atoms with Gasteiger partial charge in [0.2, 0.25) is 0 Å². The van der Waals surface area contributed by atoms with Gasteiger partial charge in [-0.05, 0) is 62.8 Å². The Bertz CT molecular complexity index is 850. The molecule has 4 nitrogen and oxygen atoms in total. The quantitative estimate of drug-likeness (QED) is 0.798. The Morgan fingerprint density at radius 1 is 1.14 bits per heavy atom. The van der Waals surface area contributed by atoms with Gasteiger partial charge >= 0.3 is 6.09 Å². The fraction of sp³-hybridized carbons (Fsp3) is 0.458. The molecule has 148 valence electrons. The number of amides is 1. The summed E-state index contributed by atoms with van der Waals surface area (Å²) >= 11 is 0. The Balaban J connectivity index is 1.50. The van der Waals surface area contributed by atoms with Crippen molar-refractivity contribution >= 4 is 6.09 Å². The Morgan fingerprint density at radius 3 is 2.57 bits per heavy atom. The molecule has 28 heavy (non-hydrogen) atoms. The highest BCUT2D eigenvalue weighted by atomic mass is 16.6. The lowest BCUT2D eigenvalue weighted by molar-refractivity contribution is 0.0521.